The molecule has 0 aliphatic heterocycles. The van der Waals surface area contributed by atoms with E-state index in [1.807, 2.05) is 30.3 Å². The second-order valence-corrected chi connectivity index (χ2v) is 8.52. The maximum atomic E-state index is 13.2. The molecule has 31 heavy (non-hydrogen) atoms. The molecule has 1 amide bonds. The maximum absolute atomic E-state index is 13.2. The number of nitrogens with zero attached hydrogens (tertiary/aromatic N) is 1. The van der Waals surface area contributed by atoms with Crippen LogP contribution in [-0.2, 0) is 16.6 Å². The van der Waals surface area contributed by atoms with Crippen molar-refractivity contribution < 1.29 is 22.7 Å². The van der Waals surface area contributed by atoms with Gasteiger partial charge in [0.15, 0.2) is 0 Å². The van der Waals surface area contributed by atoms with Crippen LogP contribution in [0, 0.1) is 0 Å². The number of carbonyl (C=O) groups is 1. The predicted molar refractivity (Wildman–Crippen MR) is 119 cm³/mol. The molecule has 8 heteroatoms. The summed E-state index contributed by atoms with van der Waals surface area (Å²) in [4.78, 5) is 14.7. The Morgan fingerprint density at radius 3 is 2.13 bits per heavy atom. The van der Waals surface area contributed by atoms with Gasteiger partial charge in [-0.15, -0.1) is 0 Å². The molecule has 0 aliphatic rings. The molecule has 0 heterocycles. The fraction of sp³-hybridized carbons (Fsp3) is 0.174. The van der Waals surface area contributed by atoms with E-state index in [1.165, 1.54) is 43.4 Å². The molecule has 0 spiro atoms. The van der Waals surface area contributed by atoms with E-state index in [-0.39, 0.29) is 22.1 Å². The molecule has 7 nitrogen and oxygen atoms in total. The molecule has 0 fully saturated rings. The van der Waals surface area contributed by atoms with Gasteiger partial charge in [0.05, 0.1) is 30.4 Å². The number of hydrogen-bond donors (Lipinski definition) is 1. The van der Waals surface area contributed by atoms with E-state index >= 15 is 0 Å². The summed E-state index contributed by atoms with van der Waals surface area (Å²) in [5.74, 6) is 0.654. The van der Waals surface area contributed by atoms with E-state index in [0.29, 0.717) is 18.0 Å². The molecule has 0 aliphatic carbocycles. The lowest BCUT2D eigenvalue weighted by molar-refractivity contribution is 0.0786. The van der Waals surface area contributed by atoms with Gasteiger partial charge in [-0.25, -0.2) is 8.42 Å². The number of rotatable bonds is 8. The number of ether oxygens (including phenoxy) is 2. The summed E-state index contributed by atoms with van der Waals surface area (Å²) in [6.07, 6.45) is 0. The third kappa shape index (κ3) is 5.35. The van der Waals surface area contributed by atoms with Crippen LogP contribution >= 0.6 is 0 Å². The molecule has 0 unspecified atom stereocenters. The van der Waals surface area contributed by atoms with Gasteiger partial charge in [-0.3, -0.25) is 9.52 Å². The average Bonchev–Trinajstić information content (AvgIpc) is 2.79. The van der Waals surface area contributed by atoms with Crippen LogP contribution in [0.15, 0.2) is 77.7 Å². The normalized spacial score (nSPS) is 10.9. The Bertz CT molecular complexity index is 1150. The molecule has 0 saturated carbocycles. The summed E-state index contributed by atoms with van der Waals surface area (Å²) in [7, 11) is 0.735. The molecule has 1 N–H and O–H groups in total. The number of anilines is 1. The number of amides is 1. The molecule has 3 aromatic rings. The molecule has 0 bridgehead atoms. The average molecular weight is 441 g/mol. The van der Waals surface area contributed by atoms with Crippen molar-refractivity contribution >= 4 is 21.6 Å². The third-order valence-electron chi connectivity index (χ3n) is 4.68. The minimum atomic E-state index is -3.92. The number of hydrogen-bond acceptors (Lipinski definition) is 5. The van der Waals surface area contributed by atoms with Gasteiger partial charge in [0.2, 0.25) is 0 Å². The Balaban J connectivity index is 1.91. The zero-order valence-electron chi connectivity index (χ0n) is 17.5. The highest BCUT2D eigenvalue weighted by atomic mass is 32.2. The second kappa shape index (κ2) is 9.53. The Kier molecular flexibility index (Phi) is 6.81. The van der Waals surface area contributed by atoms with Crippen molar-refractivity contribution in [3.05, 3.63) is 83.9 Å². The highest BCUT2D eigenvalue weighted by Gasteiger charge is 2.22. The van der Waals surface area contributed by atoms with Crippen molar-refractivity contribution in [2.45, 2.75) is 11.4 Å². The first-order valence-corrected chi connectivity index (χ1v) is 11.0. The van der Waals surface area contributed by atoms with E-state index in [1.54, 1.807) is 25.2 Å². The number of benzene rings is 3. The summed E-state index contributed by atoms with van der Waals surface area (Å²) >= 11 is 0. The molecule has 0 radical (unpaired) electrons. The quantitative estimate of drug-likeness (QED) is 0.576. The monoisotopic (exact) mass is 440 g/mol. The zero-order chi connectivity index (χ0) is 22.4. The fourth-order valence-corrected chi connectivity index (χ4v) is 4.09. The smallest absolute Gasteiger partial charge is 0.261 e. The van der Waals surface area contributed by atoms with Gasteiger partial charge in [0.25, 0.3) is 15.9 Å². The lowest BCUT2D eigenvalue weighted by Gasteiger charge is -2.20. The van der Waals surface area contributed by atoms with Gasteiger partial charge >= 0.3 is 0 Å². The molecule has 3 aromatic carbocycles. The van der Waals surface area contributed by atoms with Crippen LogP contribution in [0.3, 0.4) is 0 Å². The summed E-state index contributed by atoms with van der Waals surface area (Å²) in [5.41, 5.74) is 1.32. The summed E-state index contributed by atoms with van der Waals surface area (Å²) in [6.45, 7) is 0.377. The molecule has 0 saturated heterocycles. The second-order valence-electron chi connectivity index (χ2n) is 6.84. The van der Waals surface area contributed by atoms with E-state index in [2.05, 4.69) is 4.72 Å². The highest BCUT2D eigenvalue weighted by Crippen LogP contribution is 2.27. The number of carbonyl (C=O) groups excluding carboxylic acids is 1. The summed E-state index contributed by atoms with van der Waals surface area (Å²) < 4.78 is 38.6. The first kappa shape index (κ1) is 22.2. The van der Waals surface area contributed by atoms with Crippen LogP contribution in [0.1, 0.15) is 15.9 Å². The number of sulfonamides is 1. The summed E-state index contributed by atoms with van der Waals surface area (Å²) in [6, 6.07) is 20.2. The minimum absolute atomic E-state index is 0.0557. The van der Waals surface area contributed by atoms with Crippen LogP contribution < -0.4 is 14.2 Å². The van der Waals surface area contributed by atoms with Gasteiger partial charge in [-0.05, 0) is 48.0 Å². The Morgan fingerprint density at radius 2 is 1.52 bits per heavy atom. The van der Waals surface area contributed by atoms with Gasteiger partial charge in [-0.1, -0.05) is 30.3 Å². The largest absolute Gasteiger partial charge is 0.497 e. The van der Waals surface area contributed by atoms with E-state index in [4.69, 9.17) is 9.47 Å². The maximum Gasteiger partial charge on any atom is 0.261 e. The van der Waals surface area contributed by atoms with Gasteiger partial charge < -0.3 is 14.4 Å². The first-order chi connectivity index (χ1) is 14.8. The Morgan fingerprint density at radius 1 is 0.903 bits per heavy atom. The Hall–Kier alpha value is -3.52. The fourth-order valence-electron chi connectivity index (χ4n) is 3.01. The topological polar surface area (TPSA) is 84.9 Å². The van der Waals surface area contributed by atoms with E-state index < -0.39 is 10.0 Å². The zero-order valence-corrected chi connectivity index (χ0v) is 18.3. The first-order valence-electron chi connectivity index (χ1n) is 9.48. The summed E-state index contributed by atoms with van der Waals surface area (Å²) in [5, 5.41) is 0. The van der Waals surface area contributed by atoms with Gasteiger partial charge in [0, 0.05) is 13.6 Å². The minimum Gasteiger partial charge on any atom is -0.497 e. The van der Waals surface area contributed by atoms with Crippen LogP contribution in [0.5, 0.6) is 11.5 Å². The lowest BCUT2D eigenvalue weighted by atomic mass is 10.1. The Labute approximate surface area is 182 Å². The molecule has 0 aromatic heterocycles. The van der Waals surface area contributed by atoms with Crippen molar-refractivity contribution in [3.8, 4) is 11.5 Å². The van der Waals surface area contributed by atoms with Crippen molar-refractivity contribution in [1.29, 1.82) is 0 Å². The van der Waals surface area contributed by atoms with Crippen molar-refractivity contribution in [2.24, 2.45) is 0 Å². The van der Waals surface area contributed by atoms with Crippen LogP contribution in [0.2, 0.25) is 0 Å². The number of nitrogens with one attached hydrogen (secondary N) is 1. The SMILES string of the molecule is COc1ccc(S(=O)(=O)Nc2ccc(OC)cc2C(=O)N(C)Cc2ccccc2)cc1. The number of methoxy groups -OCH3 is 2. The van der Waals surface area contributed by atoms with Gasteiger partial charge in [-0.2, -0.15) is 0 Å². The van der Waals surface area contributed by atoms with E-state index in [9.17, 15) is 13.2 Å². The molecule has 0 atom stereocenters. The lowest BCUT2D eigenvalue weighted by Crippen LogP contribution is -2.27. The molecule has 3 rings (SSSR count). The van der Waals surface area contributed by atoms with Gasteiger partial charge in [0.1, 0.15) is 11.5 Å². The van der Waals surface area contributed by atoms with Crippen molar-refractivity contribution in [3.63, 3.8) is 0 Å². The highest BCUT2D eigenvalue weighted by molar-refractivity contribution is 7.92. The van der Waals surface area contributed by atoms with E-state index in [0.717, 1.165) is 5.56 Å². The molecular weight excluding hydrogens is 416 g/mol. The van der Waals surface area contributed by atoms with Crippen LogP contribution in [0.25, 0.3) is 0 Å². The molecule has 162 valence electrons. The predicted octanol–water partition coefficient (Wildman–Crippen LogP) is 3.78. The third-order valence-corrected chi connectivity index (χ3v) is 6.06. The van der Waals surface area contributed by atoms with Crippen LogP contribution in [0.4, 0.5) is 5.69 Å². The standard InChI is InChI=1S/C23H24N2O5S/c1-25(16-17-7-5-4-6-8-17)23(26)21-15-19(30-3)11-14-22(21)24-31(27,28)20-12-9-18(29-2)10-13-20/h4-15,24H,16H2,1-3H3. The van der Waals surface area contributed by atoms with Crippen molar-refractivity contribution in [1.82, 2.24) is 4.90 Å². The molecular formula is C23H24N2O5S. The van der Waals surface area contributed by atoms with Crippen LogP contribution in [-0.4, -0.2) is 40.5 Å². The van der Waals surface area contributed by atoms with Crippen molar-refractivity contribution in [2.75, 3.05) is 26.0 Å².